The van der Waals surface area contributed by atoms with Crippen LogP contribution in [0.4, 0.5) is 47.8 Å². The van der Waals surface area contributed by atoms with Crippen molar-refractivity contribution in [2.45, 2.75) is 25.2 Å². The molecule has 0 saturated heterocycles. The van der Waals surface area contributed by atoms with Crippen molar-refractivity contribution in [3.8, 4) is 0 Å². The molecule has 0 bridgehead atoms. The van der Waals surface area contributed by atoms with E-state index < -0.39 is 36.8 Å². The number of ketones is 2. The molecule has 2 aromatic carbocycles. The first kappa shape index (κ1) is 27.2. The van der Waals surface area contributed by atoms with Crippen LogP contribution in [0.25, 0.3) is 9.53 Å². The third kappa shape index (κ3) is 7.13. The van der Waals surface area contributed by atoms with E-state index in [2.05, 4.69) is 25.4 Å². The number of halogens is 6. The average molecular weight is 570 g/mol. The fourth-order valence-electron chi connectivity index (χ4n) is 2.94. The molecule has 0 aliphatic rings. The van der Waals surface area contributed by atoms with Crippen LogP contribution in [0.15, 0.2) is 75.1 Å². The Morgan fingerprint density at radius 2 is 1.16 bits per heavy atom. The molecule has 0 fully saturated rings. The number of thiazole rings is 1. The van der Waals surface area contributed by atoms with Crippen molar-refractivity contribution in [2.24, 2.45) is 20.5 Å². The van der Waals surface area contributed by atoms with Crippen LogP contribution in [0.1, 0.15) is 11.1 Å². The Bertz CT molecular complexity index is 1380. The Kier molecular flexibility index (Phi) is 7.78. The molecule has 0 atom stereocenters. The van der Waals surface area contributed by atoms with Crippen molar-refractivity contribution in [1.29, 1.82) is 0 Å². The van der Waals surface area contributed by atoms with Crippen molar-refractivity contribution >= 4 is 65.3 Å². The molecule has 7 nitrogen and oxygen atoms in total. The minimum atomic E-state index is -4.88. The van der Waals surface area contributed by atoms with E-state index in [1.165, 1.54) is 71.2 Å². The van der Waals surface area contributed by atoms with E-state index in [0.29, 0.717) is 26.3 Å². The number of azo groups is 2. The van der Waals surface area contributed by atoms with Crippen molar-refractivity contribution in [1.82, 2.24) is 4.98 Å². The van der Waals surface area contributed by atoms with Gasteiger partial charge >= 0.3 is 12.4 Å². The molecule has 0 aliphatic carbocycles. The third-order valence-corrected chi connectivity index (χ3v) is 6.74. The number of alkyl halides is 6. The maximum absolute atomic E-state index is 12.4. The van der Waals surface area contributed by atoms with Crippen LogP contribution in [-0.2, 0) is 22.4 Å². The summed E-state index contributed by atoms with van der Waals surface area (Å²) in [6, 6.07) is 13.0. The summed E-state index contributed by atoms with van der Waals surface area (Å²) in [5.74, 6) is -3.66. The molecule has 0 aliphatic heterocycles. The summed E-state index contributed by atoms with van der Waals surface area (Å²) in [5.41, 5.74) is 1.17. The number of rotatable bonds is 8. The van der Waals surface area contributed by atoms with Gasteiger partial charge in [0.1, 0.15) is 9.83 Å². The summed E-state index contributed by atoms with van der Waals surface area (Å²) in [4.78, 5) is 27.1. The van der Waals surface area contributed by atoms with Gasteiger partial charge in [0.25, 0.3) is 0 Å². The van der Waals surface area contributed by atoms with Gasteiger partial charge in [-0.05, 0) is 41.5 Å². The van der Waals surface area contributed by atoms with Gasteiger partial charge in [-0.1, -0.05) is 46.9 Å². The van der Waals surface area contributed by atoms with Crippen LogP contribution < -0.4 is 0 Å². The molecule has 0 unspecified atom stereocenters. The Morgan fingerprint density at radius 1 is 0.684 bits per heavy atom. The van der Waals surface area contributed by atoms with Gasteiger partial charge in [-0.15, -0.1) is 20.5 Å². The number of nitrogens with zero attached hydrogens (tertiary/aromatic N) is 5. The summed E-state index contributed by atoms with van der Waals surface area (Å²) >= 11 is 2.45. The molecule has 0 spiro atoms. The highest BCUT2D eigenvalue weighted by Gasteiger charge is 2.38. The highest BCUT2D eigenvalue weighted by Crippen LogP contribution is 2.39. The van der Waals surface area contributed by atoms with Gasteiger partial charge in [0, 0.05) is 12.8 Å². The first-order chi connectivity index (χ1) is 17.9. The van der Waals surface area contributed by atoms with E-state index in [-0.39, 0.29) is 11.1 Å². The van der Waals surface area contributed by atoms with Crippen molar-refractivity contribution in [3.63, 3.8) is 0 Å². The zero-order valence-corrected chi connectivity index (χ0v) is 20.4. The van der Waals surface area contributed by atoms with Gasteiger partial charge in [-0.25, -0.2) is 4.98 Å². The van der Waals surface area contributed by atoms with Crippen LogP contribution in [0.5, 0.6) is 0 Å². The zero-order chi connectivity index (χ0) is 27.5. The Labute approximate surface area is 217 Å². The fourth-order valence-corrected chi connectivity index (χ4v) is 4.79. The number of aromatic nitrogens is 1. The van der Waals surface area contributed by atoms with Gasteiger partial charge < -0.3 is 0 Å². The summed E-state index contributed by atoms with van der Waals surface area (Å²) in [5, 5.41) is 17.0. The summed E-state index contributed by atoms with van der Waals surface area (Å²) < 4.78 is 75.0. The highest BCUT2D eigenvalue weighted by atomic mass is 32.1. The quantitative estimate of drug-likeness (QED) is 0.157. The van der Waals surface area contributed by atoms with E-state index in [9.17, 15) is 35.9 Å². The van der Waals surface area contributed by atoms with E-state index in [1.54, 1.807) is 6.07 Å². The maximum atomic E-state index is 12.4. The van der Waals surface area contributed by atoms with Gasteiger partial charge in [0.05, 0.1) is 16.1 Å². The second kappa shape index (κ2) is 10.9. The number of hydrogen-bond donors (Lipinski definition) is 0. The van der Waals surface area contributed by atoms with Gasteiger partial charge in [-0.2, -0.15) is 26.3 Å². The lowest BCUT2D eigenvalue weighted by Gasteiger charge is -2.04. The zero-order valence-electron chi connectivity index (χ0n) is 18.7. The van der Waals surface area contributed by atoms with Gasteiger partial charge in [0.2, 0.25) is 16.7 Å². The molecule has 0 N–H and O–H groups in total. The standard InChI is InChI=1S/C23H13F6N5O2S2/c24-22(25,26)17(35)9-12-1-5-14(6-2-12)31-33-19-11-16-20(38-19)30-21(37-16)34-32-15-7-3-13(4-8-15)10-18(36)23(27,28)29/h1-8,11H,9-10H2. The molecular formula is C23H13F6N5O2S2. The van der Waals surface area contributed by atoms with Crippen LogP contribution in [0, 0.1) is 0 Å². The Morgan fingerprint density at radius 3 is 1.61 bits per heavy atom. The van der Waals surface area contributed by atoms with E-state index in [1.807, 2.05) is 0 Å². The predicted molar refractivity (Wildman–Crippen MR) is 128 cm³/mol. The molecule has 0 amide bonds. The predicted octanol–water partition coefficient (Wildman–Crippen LogP) is 8.54. The van der Waals surface area contributed by atoms with E-state index >= 15 is 0 Å². The number of carbonyl (C=O) groups excluding carboxylic acids is 2. The van der Waals surface area contributed by atoms with Crippen LogP contribution in [-0.4, -0.2) is 28.9 Å². The van der Waals surface area contributed by atoms with Crippen molar-refractivity contribution < 1.29 is 35.9 Å². The van der Waals surface area contributed by atoms with E-state index in [4.69, 9.17) is 0 Å². The van der Waals surface area contributed by atoms with E-state index in [0.717, 1.165) is 4.70 Å². The van der Waals surface area contributed by atoms with Crippen LogP contribution in [0.3, 0.4) is 0 Å². The number of fused-ring (bicyclic) bond motifs is 1. The fraction of sp³-hybridized carbons (Fsp3) is 0.174. The number of thiophene rings is 1. The number of Topliss-reactive ketones (excluding diaryl/α,β-unsaturated/α-hetero) is 2. The molecule has 196 valence electrons. The maximum Gasteiger partial charge on any atom is 0.450 e. The van der Waals surface area contributed by atoms with Crippen molar-refractivity contribution in [2.75, 3.05) is 0 Å². The summed E-state index contributed by atoms with van der Waals surface area (Å²) in [6.45, 7) is 0. The van der Waals surface area contributed by atoms with Gasteiger partial charge in [-0.3, -0.25) is 9.59 Å². The molecule has 38 heavy (non-hydrogen) atoms. The lowest BCUT2D eigenvalue weighted by Crippen LogP contribution is -2.24. The Balaban J connectivity index is 1.36. The lowest BCUT2D eigenvalue weighted by molar-refractivity contribution is -0.170. The monoisotopic (exact) mass is 569 g/mol. The lowest BCUT2D eigenvalue weighted by atomic mass is 10.1. The van der Waals surface area contributed by atoms with Crippen LogP contribution >= 0.6 is 22.7 Å². The second-order valence-electron chi connectivity index (χ2n) is 7.68. The molecule has 2 heterocycles. The highest BCUT2D eigenvalue weighted by molar-refractivity contribution is 7.30. The topological polar surface area (TPSA) is 96.5 Å². The van der Waals surface area contributed by atoms with Gasteiger partial charge in [0.15, 0.2) is 0 Å². The SMILES string of the molecule is O=C(Cc1ccc(N=Nc2cc3sc(N=Nc4ccc(CC(=O)C(F)(F)F)cc4)nc3s2)cc1)C(F)(F)F. The normalized spacial score (nSPS) is 12.7. The van der Waals surface area contributed by atoms with Crippen molar-refractivity contribution in [3.05, 3.63) is 65.7 Å². The summed E-state index contributed by atoms with van der Waals surface area (Å²) in [6.07, 6.45) is -11.3. The molecule has 0 saturated carbocycles. The Hall–Kier alpha value is -3.85. The number of hydrogen-bond acceptors (Lipinski definition) is 9. The first-order valence-electron chi connectivity index (χ1n) is 10.5. The molecule has 4 aromatic rings. The average Bonchev–Trinajstić information content (AvgIpc) is 3.40. The second-order valence-corrected chi connectivity index (χ2v) is 9.70. The third-order valence-electron chi connectivity index (χ3n) is 4.81. The molecule has 4 rings (SSSR count). The molecule has 15 heteroatoms. The molecular weight excluding hydrogens is 556 g/mol. The first-order valence-corrected chi connectivity index (χ1v) is 12.1. The number of carbonyl (C=O) groups is 2. The smallest absolute Gasteiger partial charge is 0.289 e. The van der Waals surface area contributed by atoms with Crippen LogP contribution in [0.2, 0.25) is 0 Å². The minimum absolute atomic E-state index is 0.204. The molecule has 2 aromatic heterocycles. The summed E-state index contributed by atoms with van der Waals surface area (Å²) in [7, 11) is 0. The minimum Gasteiger partial charge on any atom is -0.289 e. The number of benzene rings is 2. The largest absolute Gasteiger partial charge is 0.450 e. The molecule has 0 radical (unpaired) electrons.